The second-order valence-electron chi connectivity index (χ2n) is 3.27. The van der Waals surface area contributed by atoms with Crippen LogP contribution in [0.3, 0.4) is 0 Å². The Morgan fingerprint density at radius 2 is 1.81 bits per heavy atom. The summed E-state index contributed by atoms with van der Waals surface area (Å²) in [6.45, 7) is 0. The summed E-state index contributed by atoms with van der Waals surface area (Å²) in [5.74, 6) is -0.484. The number of hydrogen-bond acceptors (Lipinski definition) is 4. The molecule has 0 aliphatic rings. The molecule has 82 valence electrons. The van der Waals surface area contributed by atoms with Gasteiger partial charge in [-0.25, -0.2) is 0 Å². The van der Waals surface area contributed by atoms with Crippen molar-refractivity contribution in [1.29, 1.82) is 0 Å². The van der Waals surface area contributed by atoms with Gasteiger partial charge in [-0.05, 0) is 18.2 Å². The second-order valence-corrected chi connectivity index (χ2v) is 3.78. The molecule has 0 aliphatic carbocycles. The molecule has 1 heterocycles. The van der Waals surface area contributed by atoms with Gasteiger partial charge in [0.25, 0.3) is 5.56 Å². The summed E-state index contributed by atoms with van der Waals surface area (Å²) in [4.78, 5) is 12.2. The molecule has 0 spiro atoms. The number of aromatic nitrogens is 1. The standard InChI is InChI=1S/C11H9NO3S/c13-9-2-1-7(5-10(9)14)12-4-3-8(16)6-11(12)15/h1-6,13-14,16H. The van der Waals surface area contributed by atoms with E-state index in [0.717, 1.165) is 0 Å². The van der Waals surface area contributed by atoms with E-state index in [1.165, 1.54) is 28.8 Å². The van der Waals surface area contributed by atoms with Crippen molar-refractivity contribution in [1.82, 2.24) is 4.57 Å². The predicted octanol–water partition coefficient (Wildman–Crippen LogP) is 1.54. The Morgan fingerprint density at radius 1 is 1.06 bits per heavy atom. The van der Waals surface area contributed by atoms with Crippen molar-refractivity contribution >= 4 is 12.6 Å². The Balaban J connectivity index is 2.59. The zero-order chi connectivity index (χ0) is 11.7. The zero-order valence-electron chi connectivity index (χ0n) is 8.16. The van der Waals surface area contributed by atoms with Crippen molar-refractivity contribution in [2.45, 2.75) is 4.90 Å². The highest BCUT2D eigenvalue weighted by Gasteiger charge is 2.03. The molecule has 16 heavy (non-hydrogen) atoms. The average Bonchev–Trinajstić information content (AvgIpc) is 2.22. The monoisotopic (exact) mass is 235 g/mol. The predicted molar refractivity (Wildman–Crippen MR) is 62.6 cm³/mol. The van der Waals surface area contributed by atoms with E-state index < -0.39 is 0 Å². The minimum atomic E-state index is -0.264. The van der Waals surface area contributed by atoms with E-state index in [4.69, 9.17) is 5.11 Å². The fourth-order valence-electron chi connectivity index (χ4n) is 1.34. The van der Waals surface area contributed by atoms with Crippen LogP contribution in [0.25, 0.3) is 5.69 Å². The first-order valence-electron chi connectivity index (χ1n) is 4.52. The van der Waals surface area contributed by atoms with Crippen LogP contribution in [0.5, 0.6) is 11.5 Å². The molecule has 0 amide bonds. The lowest BCUT2D eigenvalue weighted by Gasteiger charge is -2.06. The molecule has 0 unspecified atom stereocenters. The minimum absolute atomic E-state index is 0.220. The van der Waals surface area contributed by atoms with E-state index in [-0.39, 0.29) is 17.1 Å². The van der Waals surface area contributed by atoms with Crippen LogP contribution < -0.4 is 5.56 Å². The molecule has 2 N–H and O–H groups in total. The summed E-state index contributed by atoms with van der Waals surface area (Å²) < 4.78 is 1.35. The normalized spacial score (nSPS) is 10.3. The van der Waals surface area contributed by atoms with Gasteiger partial charge in [0.1, 0.15) is 0 Å². The Hall–Kier alpha value is -1.88. The first kappa shape index (κ1) is 10.6. The summed E-state index contributed by atoms with van der Waals surface area (Å²) in [5.41, 5.74) is 0.228. The van der Waals surface area contributed by atoms with E-state index in [1.54, 1.807) is 12.3 Å². The summed E-state index contributed by atoms with van der Waals surface area (Å²) in [6, 6.07) is 7.21. The second kappa shape index (κ2) is 3.94. The Bertz CT molecular complexity index is 592. The third-order valence-corrected chi connectivity index (χ3v) is 2.42. The van der Waals surface area contributed by atoms with Gasteiger partial charge in [-0.3, -0.25) is 9.36 Å². The highest BCUT2D eigenvalue weighted by molar-refractivity contribution is 7.80. The van der Waals surface area contributed by atoms with Gasteiger partial charge in [-0.1, -0.05) is 0 Å². The molecule has 4 nitrogen and oxygen atoms in total. The molecule has 1 aromatic heterocycles. The van der Waals surface area contributed by atoms with Gasteiger partial charge >= 0.3 is 0 Å². The van der Waals surface area contributed by atoms with Gasteiger partial charge in [0.15, 0.2) is 11.5 Å². The number of aromatic hydroxyl groups is 2. The summed E-state index contributed by atoms with van der Waals surface area (Å²) in [7, 11) is 0. The molecule has 0 aliphatic heterocycles. The average molecular weight is 235 g/mol. The molecular formula is C11H9NO3S. The quantitative estimate of drug-likeness (QED) is 0.519. The third-order valence-electron chi connectivity index (χ3n) is 2.14. The number of nitrogens with zero attached hydrogens (tertiary/aromatic N) is 1. The van der Waals surface area contributed by atoms with Crippen LogP contribution in [0.15, 0.2) is 46.2 Å². The maximum absolute atomic E-state index is 11.6. The number of hydrogen-bond donors (Lipinski definition) is 3. The molecule has 0 atom stereocenters. The Morgan fingerprint density at radius 3 is 2.44 bits per heavy atom. The lowest BCUT2D eigenvalue weighted by molar-refractivity contribution is 0.403. The number of rotatable bonds is 1. The smallest absolute Gasteiger partial charge is 0.256 e. The molecule has 0 saturated carbocycles. The number of phenols is 2. The third kappa shape index (κ3) is 1.90. The van der Waals surface area contributed by atoms with Crippen molar-refractivity contribution in [2.24, 2.45) is 0 Å². The first-order chi connectivity index (χ1) is 7.58. The maximum Gasteiger partial charge on any atom is 0.256 e. The number of thiol groups is 1. The molecule has 2 aromatic rings. The van der Waals surface area contributed by atoms with Gasteiger partial charge < -0.3 is 10.2 Å². The van der Waals surface area contributed by atoms with E-state index in [1.807, 2.05) is 0 Å². The van der Waals surface area contributed by atoms with Crippen molar-refractivity contribution in [3.8, 4) is 17.2 Å². The topological polar surface area (TPSA) is 62.5 Å². The highest BCUT2D eigenvalue weighted by Crippen LogP contribution is 2.26. The van der Waals surface area contributed by atoms with E-state index >= 15 is 0 Å². The van der Waals surface area contributed by atoms with Gasteiger partial charge in [-0.2, -0.15) is 0 Å². The van der Waals surface area contributed by atoms with Crippen molar-refractivity contribution in [3.05, 3.63) is 46.9 Å². The van der Waals surface area contributed by atoms with Gasteiger partial charge in [0.05, 0.1) is 5.69 Å². The summed E-state index contributed by atoms with van der Waals surface area (Å²) in [6.07, 6.45) is 1.55. The highest BCUT2D eigenvalue weighted by atomic mass is 32.1. The van der Waals surface area contributed by atoms with Gasteiger partial charge in [0.2, 0.25) is 0 Å². The van der Waals surface area contributed by atoms with E-state index in [0.29, 0.717) is 10.6 Å². The minimum Gasteiger partial charge on any atom is -0.504 e. The lowest BCUT2D eigenvalue weighted by atomic mass is 10.2. The summed E-state index contributed by atoms with van der Waals surface area (Å²) >= 11 is 4.05. The molecule has 1 aromatic carbocycles. The summed E-state index contributed by atoms with van der Waals surface area (Å²) in [5, 5.41) is 18.5. The molecule has 0 fully saturated rings. The van der Waals surface area contributed by atoms with Crippen LogP contribution in [0.2, 0.25) is 0 Å². The Labute approximate surface area is 96.8 Å². The van der Waals surface area contributed by atoms with Crippen molar-refractivity contribution in [3.63, 3.8) is 0 Å². The number of benzene rings is 1. The molecule has 0 radical (unpaired) electrons. The number of pyridine rings is 1. The largest absolute Gasteiger partial charge is 0.504 e. The van der Waals surface area contributed by atoms with Crippen LogP contribution in [0.4, 0.5) is 0 Å². The molecule has 2 rings (SSSR count). The fraction of sp³-hybridized carbons (Fsp3) is 0. The van der Waals surface area contributed by atoms with Crippen molar-refractivity contribution in [2.75, 3.05) is 0 Å². The van der Waals surface area contributed by atoms with E-state index in [9.17, 15) is 9.90 Å². The van der Waals surface area contributed by atoms with Crippen LogP contribution in [0, 0.1) is 0 Å². The molecule has 5 heteroatoms. The zero-order valence-corrected chi connectivity index (χ0v) is 9.06. The number of phenolic OH excluding ortho intramolecular Hbond substituents is 2. The van der Waals surface area contributed by atoms with Crippen LogP contribution in [-0.2, 0) is 0 Å². The van der Waals surface area contributed by atoms with Crippen molar-refractivity contribution < 1.29 is 10.2 Å². The molecular weight excluding hydrogens is 226 g/mol. The van der Waals surface area contributed by atoms with Gasteiger partial charge in [0, 0.05) is 23.2 Å². The maximum atomic E-state index is 11.6. The van der Waals surface area contributed by atoms with Crippen LogP contribution >= 0.6 is 12.6 Å². The van der Waals surface area contributed by atoms with Crippen LogP contribution in [0.1, 0.15) is 0 Å². The fourth-order valence-corrected chi connectivity index (χ4v) is 1.52. The molecule has 0 bridgehead atoms. The lowest BCUT2D eigenvalue weighted by Crippen LogP contribution is -2.15. The van der Waals surface area contributed by atoms with Gasteiger partial charge in [-0.15, -0.1) is 12.6 Å². The Kier molecular flexibility index (Phi) is 2.62. The first-order valence-corrected chi connectivity index (χ1v) is 4.96. The molecule has 0 saturated heterocycles. The SMILES string of the molecule is O=c1cc(S)ccn1-c1ccc(O)c(O)c1. The van der Waals surface area contributed by atoms with Crippen LogP contribution in [-0.4, -0.2) is 14.8 Å². The van der Waals surface area contributed by atoms with E-state index in [2.05, 4.69) is 12.6 Å².